The van der Waals surface area contributed by atoms with Gasteiger partial charge in [-0.3, -0.25) is 14.5 Å². The summed E-state index contributed by atoms with van der Waals surface area (Å²) in [7, 11) is 0. The highest BCUT2D eigenvalue weighted by Crippen LogP contribution is 2.10. The van der Waals surface area contributed by atoms with Crippen molar-refractivity contribution in [3.63, 3.8) is 0 Å². The lowest BCUT2D eigenvalue weighted by Crippen LogP contribution is -2.51. The molecule has 0 atom stereocenters. The highest BCUT2D eigenvalue weighted by Gasteiger charge is 2.20. The molecule has 1 saturated heterocycles. The fourth-order valence-corrected chi connectivity index (χ4v) is 3.27. The van der Waals surface area contributed by atoms with Crippen molar-refractivity contribution in [2.24, 2.45) is 0 Å². The number of nitrogens with zero attached hydrogens (tertiary/aromatic N) is 2. The molecule has 1 fully saturated rings. The van der Waals surface area contributed by atoms with Crippen molar-refractivity contribution in [1.82, 2.24) is 15.1 Å². The van der Waals surface area contributed by atoms with Crippen LogP contribution in [0.1, 0.15) is 15.9 Å². The summed E-state index contributed by atoms with van der Waals surface area (Å²) in [6.45, 7) is 3.86. The largest absolute Gasteiger partial charge is 0.343 e. The van der Waals surface area contributed by atoms with Crippen molar-refractivity contribution in [2.75, 3.05) is 39.3 Å². The van der Waals surface area contributed by atoms with E-state index in [2.05, 4.69) is 34.5 Å². The van der Waals surface area contributed by atoms with Crippen LogP contribution in [-0.4, -0.2) is 60.9 Å². The van der Waals surface area contributed by atoms with E-state index in [0.29, 0.717) is 23.7 Å². The van der Waals surface area contributed by atoms with Crippen molar-refractivity contribution < 1.29 is 9.59 Å². The average molecular weight is 398 g/mol. The number of carbonyl (C=O) groups excluding carboxylic acids is 2. The van der Waals surface area contributed by atoms with E-state index in [1.165, 1.54) is 5.56 Å². The quantitative estimate of drug-likeness (QED) is 0.815. The summed E-state index contributed by atoms with van der Waals surface area (Å²) in [6.07, 6.45) is 4.26. The molecule has 1 aliphatic rings. The van der Waals surface area contributed by atoms with E-state index in [9.17, 15) is 9.59 Å². The Morgan fingerprint density at radius 2 is 1.75 bits per heavy atom. The molecular weight excluding hydrogens is 374 g/mol. The average Bonchev–Trinajstić information content (AvgIpc) is 2.73. The zero-order valence-electron chi connectivity index (χ0n) is 15.7. The van der Waals surface area contributed by atoms with Crippen LogP contribution < -0.4 is 5.32 Å². The van der Waals surface area contributed by atoms with E-state index in [4.69, 9.17) is 11.6 Å². The zero-order valence-corrected chi connectivity index (χ0v) is 16.4. The van der Waals surface area contributed by atoms with Crippen LogP contribution in [0.25, 0.3) is 6.08 Å². The van der Waals surface area contributed by atoms with Gasteiger partial charge in [0.2, 0.25) is 5.91 Å². The fourth-order valence-electron chi connectivity index (χ4n) is 3.08. The molecule has 5 nitrogen and oxygen atoms in total. The van der Waals surface area contributed by atoms with Crippen molar-refractivity contribution >= 4 is 29.5 Å². The second kappa shape index (κ2) is 10.1. The Morgan fingerprint density at radius 1 is 1.00 bits per heavy atom. The molecule has 0 bridgehead atoms. The maximum atomic E-state index is 12.4. The molecule has 2 aromatic rings. The molecule has 1 heterocycles. The molecule has 1 aliphatic heterocycles. The SMILES string of the molecule is O=C(NCC(=O)N1CCN(C/C=C/c2ccccc2)CC1)c1cccc(Cl)c1. The van der Waals surface area contributed by atoms with Gasteiger partial charge in [-0.2, -0.15) is 0 Å². The number of hydrogen-bond acceptors (Lipinski definition) is 3. The number of nitrogens with one attached hydrogen (secondary N) is 1. The van der Waals surface area contributed by atoms with Crippen LogP contribution in [0.3, 0.4) is 0 Å². The molecule has 0 unspecified atom stereocenters. The van der Waals surface area contributed by atoms with E-state index in [0.717, 1.165) is 19.6 Å². The molecule has 2 amide bonds. The number of rotatable bonds is 6. The van der Waals surface area contributed by atoms with Crippen LogP contribution in [-0.2, 0) is 4.79 Å². The molecule has 0 saturated carbocycles. The van der Waals surface area contributed by atoms with Crippen LogP contribution in [0.2, 0.25) is 5.02 Å². The first-order valence-electron chi connectivity index (χ1n) is 9.37. The Bertz CT molecular complexity index is 831. The van der Waals surface area contributed by atoms with Gasteiger partial charge in [0.1, 0.15) is 0 Å². The predicted octanol–water partition coefficient (Wildman–Crippen LogP) is 2.93. The molecule has 1 N–H and O–H groups in total. The lowest BCUT2D eigenvalue weighted by molar-refractivity contribution is -0.131. The number of amides is 2. The van der Waals surface area contributed by atoms with Gasteiger partial charge in [-0.1, -0.05) is 60.2 Å². The standard InChI is InChI=1S/C22H24ClN3O2/c23-20-10-4-9-19(16-20)22(28)24-17-21(27)26-14-12-25(13-15-26)11-5-8-18-6-2-1-3-7-18/h1-10,16H,11-15,17H2,(H,24,28)/b8-5+. The monoisotopic (exact) mass is 397 g/mol. The van der Waals surface area contributed by atoms with E-state index < -0.39 is 0 Å². The fraction of sp³-hybridized carbons (Fsp3) is 0.273. The van der Waals surface area contributed by atoms with Gasteiger partial charge in [0.25, 0.3) is 5.91 Å². The molecule has 0 radical (unpaired) electrons. The highest BCUT2D eigenvalue weighted by molar-refractivity contribution is 6.30. The second-order valence-corrected chi connectivity index (χ2v) is 7.12. The molecule has 0 spiro atoms. The first-order valence-corrected chi connectivity index (χ1v) is 9.75. The van der Waals surface area contributed by atoms with Crippen LogP contribution in [0.15, 0.2) is 60.7 Å². The summed E-state index contributed by atoms with van der Waals surface area (Å²) in [5.41, 5.74) is 1.64. The molecule has 28 heavy (non-hydrogen) atoms. The maximum Gasteiger partial charge on any atom is 0.251 e. The summed E-state index contributed by atoms with van der Waals surface area (Å²) in [4.78, 5) is 28.6. The maximum absolute atomic E-state index is 12.4. The van der Waals surface area contributed by atoms with Gasteiger partial charge in [-0.05, 0) is 23.8 Å². The van der Waals surface area contributed by atoms with Crippen LogP contribution in [0, 0.1) is 0 Å². The van der Waals surface area contributed by atoms with Gasteiger partial charge in [0, 0.05) is 43.3 Å². The van der Waals surface area contributed by atoms with E-state index in [1.54, 1.807) is 29.2 Å². The van der Waals surface area contributed by atoms with Gasteiger partial charge in [-0.15, -0.1) is 0 Å². The van der Waals surface area contributed by atoms with E-state index >= 15 is 0 Å². The van der Waals surface area contributed by atoms with Crippen LogP contribution in [0.5, 0.6) is 0 Å². The molecule has 146 valence electrons. The summed E-state index contributed by atoms with van der Waals surface area (Å²) >= 11 is 5.89. The second-order valence-electron chi connectivity index (χ2n) is 6.69. The Kier molecular flexibility index (Phi) is 7.23. The third-order valence-corrected chi connectivity index (χ3v) is 4.92. The van der Waals surface area contributed by atoms with Gasteiger partial charge < -0.3 is 10.2 Å². The van der Waals surface area contributed by atoms with Gasteiger partial charge in [0.15, 0.2) is 0 Å². The number of halogens is 1. The minimum atomic E-state index is -0.291. The minimum Gasteiger partial charge on any atom is -0.343 e. The van der Waals surface area contributed by atoms with Crippen molar-refractivity contribution in [2.45, 2.75) is 0 Å². The molecular formula is C22H24ClN3O2. The Labute approximate surface area is 170 Å². The van der Waals surface area contributed by atoms with Gasteiger partial charge in [0.05, 0.1) is 6.54 Å². The van der Waals surface area contributed by atoms with Crippen molar-refractivity contribution in [3.8, 4) is 0 Å². The third kappa shape index (κ3) is 5.94. The van der Waals surface area contributed by atoms with Crippen LogP contribution >= 0.6 is 11.6 Å². The van der Waals surface area contributed by atoms with E-state index in [1.807, 2.05) is 18.2 Å². The minimum absolute atomic E-state index is 0.000737. The topological polar surface area (TPSA) is 52.7 Å². The number of piperazine rings is 1. The lowest BCUT2D eigenvalue weighted by Gasteiger charge is -2.34. The summed E-state index contributed by atoms with van der Waals surface area (Å²) in [6, 6.07) is 16.9. The van der Waals surface area contributed by atoms with Crippen LogP contribution in [0.4, 0.5) is 0 Å². The molecule has 0 aromatic heterocycles. The predicted molar refractivity (Wildman–Crippen MR) is 112 cm³/mol. The van der Waals surface area contributed by atoms with Gasteiger partial charge in [-0.25, -0.2) is 0 Å². The van der Waals surface area contributed by atoms with Gasteiger partial charge >= 0.3 is 0 Å². The zero-order chi connectivity index (χ0) is 19.8. The van der Waals surface area contributed by atoms with E-state index in [-0.39, 0.29) is 18.4 Å². The van der Waals surface area contributed by atoms with Crippen molar-refractivity contribution in [3.05, 3.63) is 76.8 Å². The Morgan fingerprint density at radius 3 is 2.46 bits per heavy atom. The Balaban J connectivity index is 1.39. The smallest absolute Gasteiger partial charge is 0.251 e. The first kappa shape index (κ1) is 20.1. The number of hydrogen-bond donors (Lipinski definition) is 1. The van der Waals surface area contributed by atoms with Crippen molar-refractivity contribution in [1.29, 1.82) is 0 Å². The molecule has 3 rings (SSSR count). The Hall–Kier alpha value is -2.63. The molecule has 6 heteroatoms. The third-order valence-electron chi connectivity index (χ3n) is 4.69. The summed E-state index contributed by atoms with van der Waals surface area (Å²) in [5, 5.41) is 3.17. The lowest BCUT2D eigenvalue weighted by atomic mass is 10.2. The normalized spacial score (nSPS) is 15.0. The number of carbonyl (C=O) groups is 2. The molecule has 2 aromatic carbocycles. The molecule has 0 aliphatic carbocycles. The summed E-state index contributed by atoms with van der Waals surface area (Å²) < 4.78 is 0. The summed E-state index contributed by atoms with van der Waals surface area (Å²) in [5.74, 6) is -0.351. The first-order chi connectivity index (χ1) is 13.6. The highest BCUT2D eigenvalue weighted by atomic mass is 35.5. The number of benzene rings is 2.